The van der Waals surface area contributed by atoms with E-state index in [1.807, 2.05) is 18.2 Å². The van der Waals surface area contributed by atoms with Gasteiger partial charge in [0.15, 0.2) is 5.65 Å². The number of piperidine rings is 1. The van der Waals surface area contributed by atoms with Gasteiger partial charge in [-0.25, -0.2) is 9.97 Å². The number of pyridine rings is 2. The molecule has 136 valence electrons. The number of hydrogen-bond acceptors (Lipinski definition) is 5. The molecule has 0 aromatic carbocycles. The van der Waals surface area contributed by atoms with Crippen molar-refractivity contribution in [2.45, 2.75) is 32.7 Å². The summed E-state index contributed by atoms with van der Waals surface area (Å²) in [5, 5.41) is 8.37. The van der Waals surface area contributed by atoms with Crippen LogP contribution in [0.15, 0.2) is 36.5 Å². The summed E-state index contributed by atoms with van der Waals surface area (Å²) in [5.41, 5.74) is 8.90. The lowest BCUT2D eigenvalue weighted by Crippen LogP contribution is -2.47. The van der Waals surface area contributed by atoms with Crippen molar-refractivity contribution >= 4 is 16.9 Å². The molecule has 0 amide bonds. The number of rotatable bonds is 4. The monoisotopic (exact) mass is 350 g/mol. The van der Waals surface area contributed by atoms with Crippen molar-refractivity contribution in [3.8, 4) is 11.4 Å². The first-order chi connectivity index (χ1) is 12.6. The average molecular weight is 350 g/mol. The summed E-state index contributed by atoms with van der Waals surface area (Å²) >= 11 is 0. The number of fused-ring (bicyclic) bond motifs is 1. The molecule has 1 aliphatic rings. The number of hydrogen-bond donors (Lipinski definition) is 2. The zero-order chi connectivity index (χ0) is 18.1. The second-order valence-corrected chi connectivity index (χ2v) is 7.64. The van der Waals surface area contributed by atoms with E-state index in [2.05, 4.69) is 46.1 Å². The number of nitrogens with two attached hydrogens (primary N) is 1. The number of aromatic amines is 1. The molecule has 26 heavy (non-hydrogen) atoms. The second-order valence-electron chi connectivity index (χ2n) is 7.64. The Morgan fingerprint density at radius 3 is 3.00 bits per heavy atom. The molecule has 0 aliphatic carbocycles. The maximum Gasteiger partial charge on any atom is 0.181 e. The van der Waals surface area contributed by atoms with Gasteiger partial charge in [0, 0.05) is 30.7 Å². The minimum atomic E-state index is 0.291. The van der Waals surface area contributed by atoms with Crippen LogP contribution >= 0.6 is 0 Å². The summed E-state index contributed by atoms with van der Waals surface area (Å²) in [6.07, 6.45) is 3.93. The summed E-state index contributed by atoms with van der Waals surface area (Å²) < 4.78 is 0. The first-order valence-corrected chi connectivity index (χ1v) is 9.39. The lowest BCUT2D eigenvalue weighted by Gasteiger charge is -2.38. The minimum Gasteiger partial charge on any atom is -0.356 e. The molecule has 2 atom stereocenters. The Balaban J connectivity index is 1.61. The molecule has 1 fully saturated rings. The maximum atomic E-state index is 6.37. The summed E-state index contributed by atoms with van der Waals surface area (Å²) in [5.74, 6) is 2.19. The molecule has 6 nitrogen and oxygen atoms in total. The maximum absolute atomic E-state index is 6.37. The molecule has 0 spiro atoms. The van der Waals surface area contributed by atoms with E-state index < -0.39 is 0 Å². The van der Waals surface area contributed by atoms with Crippen molar-refractivity contribution in [2.24, 2.45) is 17.6 Å². The van der Waals surface area contributed by atoms with Gasteiger partial charge in [-0.1, -0.05) is 19.9 Å². The van der Waals surface area contributed by atoms with E-state index in [1.54, 1.807) is 6.20 Å². The highest BCUT2D eigenvalue weighted by Gasteiger charge is 2.28. The third kappa shape index (κ3) is 3.29. The zero-order valence-electron chi connectivity index (χ0n) is 15.4. The third-order valence-corrected chi connectivity index (χ3v) is 5.21. The number of nitrogens with one attached hydrogen (secondary N) is 1. The summed E-state index contributed by atoms with van der Waals surface area (Å²) in [6, 6.07) is 10.4. The van der Waals surface area contributed by atoms with Crippen molar-refractivity contribution in [3.63, 3.8) is 0 Å². The third-order valence-electron chi connectivity index (χ3n) is 5.21. The zero-order valence-corrected chi connectivity index (χ0v) is 15.4. The van der Waals surface area contributed by atoms with Gasteiger partial charge >= 0.3 is 0 Å². The highest BCUT2D eigenvalue weighted by molar-refractivity contribution is 5.89. The predicted molar refractivity (Wildman–Crippen MR) is 105 cm³/mol. The molecule has 1 saturated heterocycles. The first-order valence-electron chi connectivity index (χ1n) is 9.39. The molecule has 3 aromatic rings. The Morgan fingerprint density at radius 2 is 2.15 bits per heavy atom. The quantitative estimate of drug-likeness (QED) is 0.755. The molecule has 1 aliphatic heterocycles. The van der Waals surface area contributed by atoms with E-state index in [0.29, 0.717) is 17.9 Å². The van der Waals surface area contributed by atoms with Gasteiger partial charge in [-0.3, -0.25) is 5.10 Å². The largest absolute Gasteiger partial charge is 0.356 e. The van der Waals surface area contributed by atoms with Crippen LogP contribution in [-0.4, -0.2) is 39.3 Å². The first kappa shape index (κ1) is 17.0. The second kappa shape index (κ2) is 7.03. The van der Waals surface area contributed by atoms with Crippen molar-refractivity contribution in [3.05, 3.63) is 36.5 Å². The van der Waals surface area contributed by atoms with Crippen LogP contribution in [0.1, 0.15) is 26.7 Å². The molecule has 4 heterocycles. The standard InChI is InChI=1S/C20H26N6/c1-13(2)11-14-12-26(10-8-16(14)21)18-7-3-6-17(23-18)19-15-5-4-9-22-20(15)25-24-19/h3-7,9,13-14,16H,8,10-12,21H2,1-2H3,(H,22,24,25)/t14-,16-/m0/s1. The van der Waals surface area contributed by atoms with Crippen molar-refractivity contribution in [2.75, 3.05) is 18.0 Å². The normalized spacial score (nSPS) is 20.8. The topological polar surface area (TPSA) is 83.7 Å². The van der Waals surface area contributed by atoms with E-state index >= 15 is 0 Å². The molecule has 3 aromatic heterocycles. The van der Waals surface area contributed by atoms with Crippen LogP contribution < -0.4 is 10.6 Å². The number of anilines is 1. The lowest BCUT2D eigenvalue weighted by atomic mass is 9.86. The van der Waals surface area contributed by atoms with Crippen LogP contribution in [0.5, 0.6) is 0 Å². The van der Waals surface area contributed by atoms with E-state index in [0.717, 1.165) is 54.2 Å². The Hall–Kier alpha value is -2.47. The molecule has 0 bridgehead atoms. The molecule has 0 radical (unpaired) electrons. The van der Waals surface area contributed by atoms with Gasteiger partial charge < -0.3 is 10.6 Å². The van der Waals surface area contributed by atoms with Gasteiger partial charge in [-0.2, -0.15) is 5.10 Å². The lowest BCUT2D eigenvalue weighted by molar-refractivity contribution is 0.303. The van der Waals surface area contributed by atoms with Crippen LogP contribution in [-0.2, 0) is 0 Å². The number of H-pyrrole nitrogens is 1. The summed E-state index contributed by atoms with van der Waals surface area (Å²) in [7, 11) is 0. The Bertz CT molecular complexity index is 887. The Kier molecular flexibility index (Phi) is 4.59. The number of nitrogens with zero attached hydrogens (tertiary/aromatic N) is 4. The Morgan fingerprint density at radius 1 is 1.27 bits per heavy atom. The van der Waals surface area contributed by atoms with E-state index in [4.69, 9.17) is 10.7 Å². The van der Waals surface area contributed by atoms with Gasteiger partial charge in [0.25, 0.3) is 0 Å². The van der Waals surface area contributed by atoms with Gasteiger partial charge in [0.05, 0.1) is 11.4 Å². The summed E-state index contributed by atoms with van der Waals surface area (Å²) in [6.45, 7) is 6.46. The highest BCUT2D eigenvalue weighted by atomic mass is 15.2. The average Bonchev–Trinajstić information content (AvgIpc) is 3.07. The van der Waals surface area contributed by atoms with E-state index in [1.165, 1.54) is 0 Å². The smallest absolute Gasteiger partial charge is 0.181 e. The van der Waals surface area contributed by atoms with E-state index in [-0.39, 0.29) is 0 Å². The molecule has 0 saturated carbocycles. The summed E-state index contributed by atoms with van der Waals surface area (Å²) in [4.78, 5) is 11.6. The van der Waals surface area contributed by atoms with Gasteiger partial charge in [0.2, 0.25) is 0 Å². The van der Waals surface area contributed by atoms with Crippen molar-refractivity contribution in [1.29, 1.82) is 0 Å². The van der Waals surface area contributed by atoms with Crippen LogP contribution in [0, 0.1) is 11.8 Å². The van der Waals surface area contributed by atoms with Crippen LogP contribution in [0.3, 0.4) is 0 Å². The van der Waals surface area contributed by atoms with Crippen LogP contribution in [0.25, 0.3) is 22.4 Å². The highest BCUT2D eigenvalue weighted by Crippen LogP contribution is 2.28. The molecule has 4 rings (SSSR count). The number of aromatic nitrogens is 4. The van der Waals surface area contributed by atoms with E-state index in [9.17, 15) is 0 Å². The fourth-order valence-electron chi connectivity index (χ4n) is 3.90. The van der Waals surface area contributed by atoms with Crippen molar-refractivity contribution < 1.29 is 0 Å². The molecular formula is C20H26N6. The van der Waals surface area contributed by atoms with Gasteiger partial charge in [0.1, 0.15) is 5.82 Å². The molecular weight excluding hydrogens is 324 g/mol. The van der Waals surface area contributed by atoms with Gasteiger partial charge in [-0.15, -0.1) is 0 Å². The SMILES string of the molecule is CC(C)C[C@H]1CN(c2cccc(-c3[nH]nc4ncccc34)n2)CC[C@@H]1N. The predicted octanol–water partition coefficient (Wildman–Crippen LogP) is 3.22. The van der Waals surface area contributed by atoms with Crippen LogP contribution in [0.4, 0.5) is 5.82 Å². The fourth-order valence-corrected chi connectivity index (χ4v) is 3.90. The Labute approximate surface area is 153 Å². The fraction of sp³-hybridized carbons (Fsp3) is 0.450. The minimum absolute atomic E-state index is 0.291. The molecule has 3 N–H and O–H groups in total. The van der Waals surface area contributed by atoms with Gasteiger partial charge in [-0.05, 0) is 48.9 Å². The van der Waals surface area contributed by atoms with Crippen molar-refractivity contribution in [1.82, 2.24) is 20.2 Å². The molecule has 0 unspecified atom stereocenters. The molecule has 6 heteroatoms. The van der Waals surface area contributed by atoms with Crippen LogP contribution in [0.2, 0.25) is 0 Å².